The standard InChI is InChI=1S/C30H54N6O7S/c1-21(2)23(31)8-7-19-44-25-20-28(39)36(30(25)41)14-10-26(37)34-12-6-5-9-24(29(32)40)35-27(38)11-15-42-17-18-43-16-13-33-22(3)4/h21-22,24-25,31,33H,5-20H2,1-4H3,(H2,32,40)(H,34,37)(H,35,38)/t24-,25?/m0/s1. The van der Waals surface area contributed by atoms with Crippen molar-refractivity contribution < 1.29 is 33.4 Å². The van der Waals surface area contributed by atoms with Gasteiger partial charge in [0.1, 0.15) is 6.04 Å². The summed E-state index contributed by atoms with van der Waals surface area (Å²) in [7, 11) is 0. The third-order valence-corrected chi connectivity index (χ3v) is 8.23. The van der Waals surface area contributed by atoms with E-state index < -0.39 is 17.2 Å². The van der Waals surface area contributed by atoms with Crippen molar-refractivity contribution >= 4 is 47.0 Å². The van der Waals surface area contributed by atoms with E-state index in [9.17, 15) is 24.0 Å². The molecule has 0 saturated carbocycles. The predicted octanol–water partition coefficient (Wildman–Crippen LogP) is 1.37. The Hall–Kier alpha value is -2.55. The van der Waals surface area contributed by atoms with Crippen molar-refractivity contribution in [1.29, 1.82) is 5.41 Å². The molecule has 0 aromatic carbocycles. The summed E-state index contributed by atoms with van der Waals surface area (Å²) in [4.78, 5) is 62.4. The average molecular weight is 643 g/mol. The second-order valence-electron chi connectivity index (χ2n) is 11.4. The van der Waals surface area contributed by atoms with Gasteiger partial charge in [0.05, 0.1) is 31.7 Å². The number of hydrogen-bond donors (Lipinski definition) is 5. The molecule has 2 atom stereocenters. The number of carbonyl (C=O) groups is 5. The molecule has 252 valence electrons. The number of likely N-dealkylation sites (tertiary alicyclic amines) is 1. The molecule has 14 heteroatoms. The monoisotopic (exact) mass is 642 g/mol. The molecule has 1 saturated heterocycles. The minimum Gasteiger partial charge on any atom is -0.379 e. The van der Waals surface area contributed by atoms with Gasteiger partial charge in [-0.3, -0.25) is 28.9 Å². The van der Waals surface area contributed by atoms with Crippen LogP contribution in [0.3, 0.4) is 0 Å². The van der Waals surface area contributed by atoms with E-state index in [1.165, 1.54) is 16.7 Å². The quantitative estimate of drug-likeness (QED) is 0.0526. The van der Waals surface area contributed by atoms with E-state index in [1.807, 2.05) is 13.8 Å². The van der Waals surface area contributed by atoms with Crippen molar-refractivity contribution in [3.05, 3.63) is 0 Å². The number of hydrogen-bond acceptors (Lipinski definition) is 10. The Morgan fingerprint density at radius 2 is 1.66 bits per heavy atom. The lowest BCUT2D eigenvalue weighted by Crippen LogP contribution is -2.44. The van der Waals surface area contributed by atoms with Crippen LogP contribution in [-0.2, 0) is 33.4 Å². The summed E-state index contributed by atoms with van der Waals surface area (Å²) >= 11 is 1.44. The molecular formula is C30H54N6O7S. The lowest BCUT2D eigenvalue weighted by atomic mass is 10.0. The molecule has 0 aromatic heterocycles. The van der Waals surface area contributed by atoms with Crippen LogP contribution < -0.4 is 21.7 Å². The number of carbonyl (C=O) groups excluding carboxylic acids is 5. The molecule has 0 spiro atoms. The lowest BCUT2D eigenvalue weighted by molar-refractivity contribution is -0.138. The number of thioether (sulfide) groups is 1. The molecule has 0 aliphatic carbocycles. The number of imide groups is 1. The van der Waals surface area contributed by atoms with Crippen LogP contribution in [0, 0.1) is 11.3 Å². The van der Waals surface area contributed by atoms with Gasteiger partial charge in [0.25, 0.3) is 0 Å². The van der Waals surface area contributed by atoms with Crippen LogP contribution in [-0.4, -0.2) is 109 Å². The highest BCUT2D eigenvalue weighted by Crippen LogP contribution is 2.26. The first-order chi connectivity index (χ1) is 20.9. The van der Waals surface area contributed by atoms with Gasteiger partial charge in [0.2, 0.25) is 29.5 Å². The maximum Gasteiger partial charge on any atom is 0.242 e. The van der Waals surface area contributed by atoms with E-state index in [4.69, 9.17) is 20.6 Å². The first kappa shape index (κ1) is 39.5. The van der Waals surface area contributed by atoms with Gasteiger partial charge >= 0.3 is 0 Å². The van der Waals surface area contributed by atoms with Gasteiger partial charge in [0.15, 0.2) is 0 Å². The molecule has 1 unspecified atom stereocenters. The molecule has 13 nitrogen and oxygen atoms in total. The van der Waals surface area contributed by atoms with Crippen molar-refractivity contribution in [2.75, 3.05) is 51.8 Å². The fourth-order valence-corrected chi connectivity index (χ4v) is 5.38. The van der Waals surface area contributed by atoms with E-state index in [2.05, 4.69) is 29.8 Å². The molecule has 1 aliphatic heterocycles. The number of nitrogens with one attached hydrogen (secondary N) is 4. The number of nitrogens with two attached hydrogens (primary N) is 1. The smallest absolute Gasteiger partial charge is 0.242 e. The van der Waals surface area contributed by atoms with E-state index >= 15 is 0 Å². The minimum atomic E-state index is -0.810. The Labute approximate surface area is 266 Å². The molecule has 1 aliphatic rings. The number of amides is 5. The third kappa shape index (κ3) is 17.7. The van der Waals surface area contributed by atoms with Gasteiger partial charge in [-0.2, -0.15) is 0 Å². The van der Waals surface area contributed by atoms with Gasteiger partial charge in [0, 0.05) is 50.7 Å². The number of primary amides is 1. The van der Waals surface area contributed by atoms with Crippen LogP contribution in [0.5, 0.6) is 0 Å². The van der Waals surface area contributed by atoms with Crippen molar-refractivity contribution in [3.63, 3.8) is 0 Å². The van der Waals surface area contributed by atoms with Crippen LogP contribution in [0.2, 0.25) is 0 Å². The Balaban J connectivity index is 2.17. The molecule has 5 amide bonds. The SMILES string of the molecule is CC(C)NCCOCCOCCC(=O)N[C@@H](CCCCNC(=O)CCN1C(=O)CC(SCCCC(=N)C(C)C)C1=O)C(N)=O. The molecule has 1 fully saturated rings. The Kier molecular flexibility index (Phi) is 20.5. The van der Waals surface area contributed by atoms with Crippen molar-refractivity contribution in [2.24, 2.45) is 11.7 Å². The van der Waals surface area contributed by atoms with Gasteiger partial charge < -0.3 is 36.6 Å². The van der Waals surface area contributed by atoms with Crippen LogP contribution >= 0.6 is 11.8 Å². The summed E-state index contributed by atoms with van der Waals surface area (Å²) in [5, 5.41) is 16.1. The zero-order valence-electron chi connectivity index (χ0n) is 26.9. The maximum absolute atomic E-state index is 12.6. The van der Waals surface area contributed by atoms with Crippen LogP contribution in [0.1, 0.15) is 79.1 Å². The Bertz CT molecular complexity index is 934. The summed E-state index contributed by atoms with van der Waals surface area (Å²) in [6.07, 6.45) is 3.18. The Morgan fingerprint density at radius 1 is 0.955 bits per heavy atom. The number of nitrogens with zero attached hydrogens (tertiary/aromatic N) is 1. The van der Waals surface area contributed by atoms with E-state index in [0.29, 0.717) is 69.6 Å². The zero-order valence-corrected chi connectivity index (χ0v) is 27.7. The van der Waals surface area contributed by atoms with E-state index in [-0.39, 0.29) is 62.0 Å². The predicted molar refractivity (Wildman–Crippen MR) is 171 cm³/mol. The largest absolute Gasteiger partial charge is 0.379 e. The highest BCUT2D eigenvalue weighted by atomic mass is 32.2. The first-order valence-electron chi connectivity index (χ1n) is 15.7. The van der Waals surface area contributed by atoms with Crippen LogP contribution in [0.4, 0.5) is 0 Å². The average Bonchev–Trinajstić information content (AvgIpc) is 3.23. The van der Waals surface area contributed by atoms with Crippen LogP contribution in [0.15, 0.2) is 0 Å². The molecule has 44 heavy (non-hydrogen) atoms. The third-order valence-electron chi connectivity index (χ3n) is 6.94. The lowest BCUT2D eigenvalue weighted by Gasteiger charge is -2.16. The van der Waals surface area contributed by atoms with Gasteiger partial charge in [-0.25, -0.2) is 0 Å². The zero-order chi connectivity index (χ0) is 32.9. The van der Waals surface area contributed by atoms with Gasteiger partial charge in [-0.05, 0) is 43.8 Å². The summed E-state index contributed by atoms with van der Waals surface area (Å²) in [5.41, 5.74) is 6.13. The van der Waals surface area contributed by atoms with Gasteiger partial charge in [-0.1, -0.05) is 27.7 Å². The summed E-state index contributed by atoms with van der Waals surface area (Å²) in [6, 6.07) is -0.404. The minimum absolute atomic E-state index is 0.0178. The van der Waals surface area contributed by atoms with Crippen molar-refractivity contribution in [3.8, 4) is 0 Å². The molecule has 1 rings (SSSR count). The first-order valence-corrected chi connectivity index (χ1v) is 16.7. The highest BCUT2D eigenvalue weighted by Gasteiger charge is 2.38. The van der Waals surface area contributed by atoms with E-state index in [1.54, 1.807) is 0 Å². The fourth-order valence-electron chi connectivity index (χ4n) is 4.26. The molecule has 0 radical (unpaired) electrons. The highest BCUT2D eigenvalue weighted by molar-refractivity contribution is 8.00. The normalized spacial score (nSPS) is 15.7. The Morgan fingerprint density at radius 3 is 2.32 bits per heavy atom. The molecule has 0 bridgehead atoms. The second kappa shape index (κ2) is 22.9. The number of rotatable bonds is 26. The fraction of sp³-hybridized carbons (Fsp3) is 0.800. The molecular weight excluding hydrogens is 588 g/mol. The van der Waals surface area contributed by atoms with Crippen molar-refractivity contribution in [1.82, 2.24) is 20.9 Å². The summed E-state index contributed by atoms with van der Waals surface area (Å²) in [5.74, 6) is -0.829. The van der Waals surface area contributed by atoms with Crippen LogP contribution in [0.25, 0.3) is 0 Å². The maximum atomic E-state index is 12.6. The molecule has 1 heterocycles. The number of unbranched alkanes of at least 4 members (excludes halogenated alkanes) is 1. The van der Waals surface area contributed by atoms with Crippen molar-refractivity contribution in [2.45, 2.75) is 96.4 Å². The summed E-state index contributed by atoms with van der Waals surface area (Å²) in [6.45, 7) is 10.8. The second-order valence-corrected chi connectivity index (χ2v) is 12.7. The number of ether oxygens (including phenoxy) is 2. The molecule has 0 aromatic rings. The molecule has 6 N–H and O–H groups in total. The topological polar surface area (TPSA) is 193 Å². The van der Waals surface area contributed by atoms with E-state index in [0.717, 1.165) is 13.0 Å². The summed E-state index contributed by atoms with van der Waals surface area (Å²) < 4.78 is 10.8. The van der Waals surface area contributed by atoms with Gasteiger partial charge in [-0.15, -0.1) is 11.8 Å².